The molecule has 0 radical (unpaired) electrons. The monoisotopic (exact) mass is 114 g/mol. The highest BCUT2D eigenvalue weighted by Gasteiger charge is 1.66. The van der Waals surface area contributed by atoms with Gasteiger partial charge in [0.05, 0.1) is 0 Å². The van der Waals surface area contributed by atoms with E-state index in [-0.39, 0.29) is 0 Å². The van der Waals surface area contributed by atoms with Crippen LogP contribution in [-0.2, 0) is 0 Å². The Morgan fingerprint density at radius 3 is 2.57 bits per heavy atom. The molecule has 0 aromatic rings. The summed E-state index contributed by atoms with van der Waals surface area (Å²) in [5.41, 5.74) is 0. The number of hydrogen-bond donors (Lipinski definition) is 0. The van der Waals surface area contributed by atoms with Crippen LogP contribution in [0.25, 0.3) is 0 Å². The van der Waals surface area contributed by atoms with Crippen molar-refractivity contribution in [1.29, 1.82) is 0 Å². The van der Waals surface area contributed by atoms with Crippen LogP contribution in [0.4, 0.5) is 0 Å². The molecule has 0 aromatic heterocycles. The van der Waals surface area contributed by atoms with E-state index in [9.17, 15) is 0 Å². The molecule has 0 aliphatic carbocycles. The first-order valence-corrected chi connectivity index (χ1v) is 3.50. The molecule has 0 N–H and O–H groups in total. The summed E-state index contributed by atoms with van der Waals surface area (Å²) in [5.74, 6) is 4.07. The fraction of sp³-hybridized carbons (Fsp3) is 0.667. The molecule has 7 heavy (non-hydrogen) atoms. The zero-order valence-corrected chi connectivity index (χ0v) is 5.64. The van der Waals surface area contributed by atoms with E-state index in [1.165, 1.54) is 0 Å². The molecule has 0 aromatic carbocycles. The molecular formula is C6H10S. The van der Waals surface area contributed by atoms with Gasteiger partial charge in [0.1, 0.15) is 0 Å². The Balaban J connectivity index is 2.91. The van der Waals surface area contributed by atoms with Gasteiger partial charge in [0.25, 0.3) is 0 Å². The van der Waals surface area contributed by atoms with Crippen LogP contribution in [0.15, 0.2) is 0 Å². The molecule has 0 atom stereocenters. The van der Waals surface area contributed by atoms with Gasteiger partial charge in [-0.3, -0.25) is 0 Å². The Labute approximate surface area is 49.7 Å². The van der Waals surface area contributed by atoms with Gasteiger partial charge < -0.3 is 0 Å². The van der Waals surface area contributed by atoms with Crippen molar-refractivity contribution in [2.75, 3.05) is 5.75 Å². The molecule has 0 fully saturated rings. The van der Waals surface area contributed by atoms with E-state index in [4.69, 9.17) is 0 Å². The third-order valence-corrected chi connectivity index (χ3v) is 1.04. The normalized spacial score (nSPS) is 7.14. The summed E-state index contributed by atoms with van der Waals surface area (Å²) < 4.78 is 0. The SMILES string of the molecule is CCC#CSCC. The molecule has 0 bridgehead atoms. The first-order chi connectivity index (χ1) is 3.41. The van der Waals surface area contributed by atoms with E-state index < -0.39 is 0 Å². The Hall–Kier alpha value is -0.0900. The standard InChI is InChI=1S/C6H10S/c1-3-5-6-7-4-2/h3-4H2,1-2H3. The predicted octanol–water partition coefficient (Wildman–Crippen LogP) is 2.11. The van der Waals surface area contributed by atoms with E-state index in [0.29, 0.717) is 0 Å². The second-order valence-corrected chi connectivity index (χ2v) is 2.14. The Kier molecular flexibility index (Phi) is 5.83. The maximum atomic E-state index is 2.96. The van der Waals surface area contributed by atoms with Crippen LogP contribution in [-0.4, -0.2) is 5.75 Å². The van der Waals surface area contributed by atoms with Crippen LogP contribution in [0.5, 0.6) is 0 Å². The van der Waals surface area contributed by atoms with Crippen LogP contribution in [0.1, 0.15) is 20.3 Å². The van der Waals surface area contributed by atoms with E-state index in [2.05, 4.69) is 25.0 Å². The molecule has 0 nitrogen and oxygen atoms in total. The third kappa shape index (κ3) is 5.91. The number of thioether (sulfide) groups is 1. The highest BCUT2D eigenvalue weighted by molar-refractivity contribution is 8.03. The molecule has 0 spiro atoms. The van der Waals surface area contributed by atoms with Crippen molar-refractivity contribution < 1.29 is 0 Å². The van der Waals surface area contributed by atoms with Gasteiger partial charge in [0.2, 0.25) is 0 Å². The highest BCUT2D eigenvalue weighted by atomic mass is 32.2. The van der Waals surface area contributed by atoms with Crippen LogP contribution >= 0.6 is 11.8 Å². The quantitative estimate of drug-likeness (QED) is 0.470. The van der Waals surface area contributed by atoms with Crippen LogP contribution in [0.3, 0.4) is 0 Å². The molecule has 0 rings (SSSR count). The van der Waals surface area contributed by atoms with Crippen molar-refractivity contribution in [3.63, 3.8) is 0 Å². The van der Waals surface area contributed by atoms with Gasteiger partial charge in [-0.1, -0.05) is 31.5 Å². The van der Waals surface area contributed by atoms with Crippen molar-refractivity contribution >= 4 is 11.8 Å². The average Bonchev–Trinajstić information content (AvgIpc) is 1.69. The second-order valence-electron chi connectivity index (χ2n) is 1.07. The van der Waals surface area contributed by atoms with E-state index >= 15 is 0 Å². The van der Waals surface area contributed by atoms with Crippen molar-refractivity contribution in [2.24, 2.45) is 0 Å². The maximum absolute atomic E-state index is 2.96. The minimum Gasteiger partial charge on any atom is -0.0916 e. The molecule has 0 aliphatic rings. The topological polar surface area (TPSA) is 0 Å². The summed E-state index contributed by atoms with van der Waals surface area (Å²) in [6.07, 6.45) is 0.979. The molecule has 0 saturated heterocycles. The third-order valence-electron chi connectivity index (χ3n) is 0.465. The number of hydrogen-bond acceptors (Lipinski definition) is 1. The summed E-state index contributed by atoms with van der Waals surface area (Å²) in [5, 5.41) is 2.95. The van der Waals surface area contributed by atoms with Crippen molar-refractivity contribution in [3.05, 3.63) is 0 Å². The number of rotatable bonds is 1. The summed E-state index contributed by atoms with van der Waals surface area (Å²) >= 11 is 1.67. The smallest absolute Gasteiger partial charge is 0.00692 e. The van der Waals surface area contributed by atoms with Gasteiger partial charge in [0.15, 0.2) is 0 Å². The fourth-order valence-electron chi connectivity index (χ4n) is 0.195. The summed E-state index contributed by atoms with van der Waals surface area (Å²) in [6, 6.07) is 0. The fourth-order valence-corrected chi connectivity index (χ4v) is 0.586. The average molecular weight is 114 g/mol. The second kappa shape index (κ2) is 5.91. The zero-order chi connectivity index (χ0) is 5.54. The zero-order valence-electron chi connectivity index (χ0n) is 4.82. The van der Waals surface area contributed by atoms with Crippen molar-refractivity contribution in [2.45, 2.75) is 20.3 Å². The first kappa shape index (κ1) is 6.91. The van der Waals surface area contributed by atoms with E-state index in [1.54, 1.807) is 11.8 Å². The first-order valence-electron chi connectivity index (χ1n) is 2.51. The highest BCUT2D eigenvalue weighted by Crippen LogP contribution is 1.92. The largest absolute Gasteiger partial charge is 0.0916 e. The molecule has 0 unspecified atom stereocenters. The van der Waals surface area contributed by atoms with Gasteiger partial charge >= 0.3 is 0 Å². The summed E-state index contributed by atoms with van der Waals surface area (Å²) in [7, 11) is 0. The lowest BCUT2D eigenvalue weighted by atomic mass is 10.5. The summed E-state index contributed by atoms with van der Waals surface area (Å²) in [4.78, 5) is 0. The van der Waals surface area contributed by atoms with E-state index in [0.717, 1.165) is 12.2 Å². The van der Waals surface area contributed by atoms with Crippen molar-refractivity contribution in [3.8, 4) is 11.2 Å². The molecule has 1 heteroatoms. The molecule has 40 valence electrons. The van der Waals surface area contributed by atoms with E-state index in [1.807, 2.05) is 0 Å². The van der Waals surface area contributed by atoms with Crippen molar-refractivity contribution in [1.82, 2.24) is 0 Å². The molecule has 0 saturated carbocycles. The van der Waals surface area contributed by atoms with Crippen LogP contribution < -0.4 is 0 Å². The predicted molar refractivity (Wildman–Crippen MR) is 36.2 cm³/mol. The van der Waals surface area contributed by atoms with Gasteiger partial charge in [-0.05, 0) is 5.25 Å². The molecule has 0 amide bonds. The Morgan fingerprint density at radius 1 is 1.43 bits per heavy atom. The van der Waals surface area contributed by atoms with Gasteiger partial charge in [-0.25, -0.2) is 0 Å². The molecule has 0 aliphatic heterocycles. The van der Waals surface area contributed by atoms with Gasteiger partial charge in [0, 0.05) is 12.2 Å². The Morgan fingerprint density at radius 2 is 2.14 bits per heavy atom. The van der Waals surface area contributed by atoms with Crippen LogP contribution in [0.2, 0.25) is 0 Å². The lowest BCUT2D eigenvalue weighted by Gasteiger charge is -1.74. The lowest BCUT2D eigenvalue weighted by molar-refractivity contribution is 1.28. The summed E-state index contributed by atoms with van der Waals surface area (Å²) in [6.45, 7) is 4.16. The van der Waals surface area contributed by atoms with Gasteiger partial charge in [-0.15, -0.1) is 0 Å². The lowest BCUT2D eigenvalue weighted by Crippen LogP contribution is -1.57. The Bertz CT molecular complexity index is 75.9. The molecule has 0 heterocycles. The van der Waals surface area contributed by atoms with Crippen LogP contribution in [0, 0.1) is 11.2 Å². The maximum Gasteiger partial charge on any atom is 0.00692 e. The van der Waals surface area contributed by atoms with Gasteiger partial charge in [-0.2, -0.15) is 0 Å². The molecular weight excluding hydrogens is 104 g/mol. The minimum absolute atomic E-state index is 0.979. The minimum atomic E-state index is 0.979.